The average Bonchev–Trinajstić information content (AvgIpc) is 2.29. The van der Waals surface area contributed by atoms with Crippen molar-refractivity contribution in [3.05, 3.63) is 29.3 Å². The normalized spacial score (nSPS) is 10.2. The summed E-state index contributed by atoms with van der Waals surface area (Å²) in [5.74, 6) is 1.59. The quantitative estimate of drug-likeness (QED) is 0.432. The number of hydrogen-bond donors (Lipinski definition) is 0. The molecule has 0 aliphatic carbocycles. The predicted molar refractivity (Wildman–Crippen MR) is 66.6 cm³/mol. The molecule has 1 aromatic rings. The van der Waals surface area contributed by atoms with Crippen molar-refractivity contribution in [1.82, 2.24) is 0 Å². The lowest BCUT2D eigenvalue weighted by molar-refractivity contribution is 0.0979. The number of hydrogen-bond acceptors (Lipinski definition) is 2. The van der Waals surface area contributed by atoms with Crippen molar-refractivity contribution in [2.75, 3.05) is 13.0 Å². The Hall–Kier alpha value is -1.02. The van der Waals surface area contributed by atoms with Crippen molar-refractivity contribution in [3.8, 4) is 5.75 Å². The third kappa shape index (κ3) is 3.53. The summed E-state index contributed by atoms with van der Waals surface area (Å²) in [7, 11) is 1.62. The lowest BCUT2D eigenvalue weighted by Gasteiger charge is -2.06. The first-order valence-corrected chi connectivity index (χ1v) is 5.96. The molecule has 2 nitrogen and oxygen atoms in total. The van der Waals surface area contributed by atoms with Gasteiger partial charge in [-0.15, -0.1) is 11.6 Å². The highest BCUT2D eigenvalue weighted by Gasteiger charge is 2.09. The second-order valence-electron chi connectivity index (χ2n) is 3.75. The van der Waals surface area contributed by atoms with Crippen LogP contribution in [0.3, 0.4) is 0 Å². The predicted octanol–water partition coefficient (Wildman–Crippen LogP) is 3.60. The van der Waals surface area contributed by atoms with Crippen LogP contribution in [0.4, 0.5) is 0 Å². The van der Waals surface area contributed by atoms with Gasteiger partial charge >= 0.3 is 0 Å². The van der Waals surface area contributed by atoms with Crippen LogP contribution in [0.25, 0.3) is 0 Å². The van der Waals surface area contributed by atoms with Crippen molar-refractivity contribution in [1.29, 1.82) is 0 Å². The maximum atomic E-state index is 11.9. The molecule has 0 atom stereocenters. The third-order valence-electron chi connectivity index (χ3n) is 2.52. The first-order valence-electron chi connectivity index (χ1n) is 5.43. The van der Waals surface area contributed by atoms with Gasteiger partial charge in [0.15, 0.2) is 5.78 Å². The minimum atomic E-state index is 0.185. The Morgan fingerprint density at radius 2 is 2.12 bits per heavy atom. The number of benzene rings is 1. The van der Waals surface area contributed by atoms with Crippen LogP contribution in [0.1, 0.15) is 35.2 Å². The number of carbonyl (C=O) groups is 1. The first kappa shape index (κ1) is 13.0. The Kier molecular flexibility index (Phi) is 5.33. The number of Topliss-reactive ketones (excluding diaryl/α,β-unsaturated/α-hetero) is 1. The average molecular weight is 241 g/mol. The van der Waals surface area contributed by atoms with Crippen LogP contribution in [0.15, 0.2) is 18.2 Å². The SMILES string of the molecule is COc1ccc(C(=O)CCCCCl)c(C)c1. The second-order valence-corrected chi connectivity index (χ2v) is 4.13. The molecule has 0 spiro atoms. The van der Waals surface area contributed by atoms with Gasteiger partial charge in [0.2, 0.25) is 0 Å². The summed E-state index contributed by atoms with van der Waals surface area (Å²) >= 11 is 5.57. The molecule has 0 unspecified atom stereocenters. The molecule has 88 valence electrons. The van der Waals surface area contributed by atoms with E-state index in [4.69, 9.17) is 16.3 Å². The van der Waals surface area contributed by atoms with Crippen molar-refractivity contribution in [2.24, 2.45) is 0 Å². The molecule has 0 aliphatic heterocycles. The van der Waals surface area contributed by atoms with E-state index in [9.17, 15) is 4.79 Å². The fourth-order valence-electron chi connectivity index (χ4n) is 1.59. The van der Waals surface area contributed by atoms with E-state index in [0.29, 0.717) is 12.3 Å². The van der Waals surface area contributed by atoms with Crippen molar-refractivity contribution in [2.45, 2.75) is 26.2 Å². The summed E-state index contributed by atoms with van der Waals surface area (Å²) in [5.41, 5.74) is 1.76. The standard InChI is InChI=1S/C13H17ClO2/c1-10-9-11(16-2)6-7-12(10)13(15)5-3-4-8-14/h6-7,9H,3-5,8H2,1-2H3. The number of aryl methyl sites for hydroxylation is 1. The molecule has 0 radical (unpaired) electrons. The van der Waals surface area contributed by atoms with E-state index in [-0.39, 0.29) is 5.78 Å². The van der Waals surface area contributed by atoms with Crippen LogP contribution < -0.4 is 4.74 Å². The first-order chi connectivity index (χ1) is 7.69. The molecule has 0 bridgehead atoms. The number of ketones is 1. The number of ether oxygens (including phenoxy) is 1. The Balaban J connectivity index is 2.68. The lowest BCUT2D eigenvalue weighted by Crippen LogP contribution is -2.02. The zero-order valence-corrected chi connectivity index (χ0v) is 10.5. The molecule has 0 aliphatic rings. The molecule has 0 amide bonds. The molecule has 16 heavy (non-hydrogen) atoms. The zero-order chi connectivity index (χ0) is 12.0. The number of carbonyl (C=O) groups excluding carboxylic acids is 1. The van der Waals surface area contributed by atoms with Gasteiger partial charge in [-0.3, -0.25) is 4.79 Å². The minimum absolute atomic E-state index is 0.185. The molecule has 0 heterocycles. The van der Waals surface area contributed by atoms with Crippen LogP contribution >= 0.6 is 11.6 Å². The van der Waals surface area contributed by atoms with Crippen molar-refractivity contribution in [3.63, 3.8) is 0 Å². The van der Waals surface area contributed by atoms with Gasteiger partial charge in [-0.2, -0.15) is 0 Å². The fourth-order valence-corrected chi connectivity index (χ4v) is 1.78. The van der Waals surface area contributed by atoms with Crippen LogP contribution in [0.5, 0.6) is 5.75 Å². The number of unbranched alkanes of at least 4 members (excludes halogenated alkanes) is 1. The van der Waals surface area contributed by atoms with Gasteiger partial charge in [0.1, 0.15) is 5.75 Å². The molecule has 0 N–H and O–H groups in total. The molecular weight excluding hydrogens is 224 g/mol. The van der Waals surface area contributed by atoms with Crippen molar-refractivity contribution < 1.29 is 9.53 Å². The maximum Gasteiger partial charge on any atom is 0.163 e. The van der Waals surface area contributed by atoms with Gasteiger partial charge in [-0.1, -0.05) is 0 Å². The van der Waals surface area contributed by atoms with E-state index in [0.717, 1.165) is 29.7 Å². The van der Waals surface area contributed by atoms with Crippen LogP contribution in [-0.4, -0.2) is 18.8 Å². The molecule has 0 aromatic heterocycles. The number of rotatable bonds is 6. The summed E-state index contributed by atoms with van der Waals surface area (Å²) in [5, 5.41) is 0. The fraction of sp³-hybridized carbons (Fsp3) is 0.462. The van der Waals surface area contributed by atoms with E-state index in [1.807, 2.05) is 25.1 Å². The molecule has 3 heteroatoms. The highest BCUT2D eigenvalue weighted by atomic mass is 35.5. The summed E-state index contributed by atoms with van der Waals surface area (Å²) in [6.45, 7) is 1.93. The molecule has 0 saturated carbocycles. The Morgan fingerprint density at radius 3 is 2.69 bits per heavy atom. The number of methoxy groups -OCH3 is 1. The highest BCUT2D eigenvalue weighted by molar-refractivity contribution is 6.17. The van der Waals surface area contributed by atoms with Crippen LogP contribution in [0.2, 0.25) is 0 Å². The van der Waals surface area contributed by atoms with Crippen LogP contribution in [-0.2, 0) is 0 Å². The largest absolute Gasteiger partial charge is 0.497 e. The van der Waals surface area contributed by atoms with E-state index >= 15 is 0 Å². The summed E-state index contributed by atoms with van der Waals surface area (Å²) in [6, 6.07) is 5.54. The molecule has 1 rings (SSSR count). The minimum Gasteiger partial charge on any atom is -0.497 e. The van der Waals surface area contributed by atoms with E-state index in [1.54, 1.807) is 7.11 Å². The van der Waals surface area contributed by atoms with Crippen LogP contribution in [0, 0.1) is 6.92 Å². The molecular formula is C13H17ClO2. The third-order valence-corrected chi connectivity index (χ3v) is 2.79. The lowest BCUT2D eigenvalue weighted by atomic mass is 10.0. The van der Waals surface area contributed by atoms with Gasteiger partial charge in [0.05, 0.1) is 7.11 Å². The molecule has 0 fully saturated rings. The smallest absolute Gasteiger partial charge is 0.163 e. The van der Waals surface area contributed by atoms with Gasteiger partial charge in [0, 0.05) is 17.9 Å². The summed E-state index contributed by atoms with van der Waals surface area (Å²) in [6.07, 6.45) is 2.32. The zero-order valence-electron chi connectivity index (χ0n) is 9.75. The monoisotopic (exact) mass is 240 g/mol. The van der Waals surface area contributed by atoms with Gasteiger partial charge in [-0.25, -0.2) is 0 Å². The van der Waals surface area contributed by atoms with E-state index < -0.39 is 0 Å². The maximum absolute atomic E-state index is 11.9. The van der Waals surface area contributed by atoms with Gasteiger partial charge in [-0.05, 0) is 43.5 Å². The highest BCUT2D eigenvalue weighted by Crippen LogP contribution is 2.18. The van der Waals surface area contributed by atoms with E-state index in [2.05, 4.69) is 0 Å². The van der Waals surface area contributed by atoms with Gasteiger partial charge in [0.25, 0.3) is 0 Å². The Bertz CT molecular complexity index is 361. The van der Waals surface area contributed by atoms with Crippen molar-refractivity contribution >= 4 is 17.4 Å². The van der Waals surface area contributed by atoms with E-state index in [1.165, 1.54) is 0 Å². The topological polar surface area (TPSA) is 26.3 Å². The molecule has 1 aromatic carbocycles. The number of halogens is 1. The number of alkyl halides is 1. The summed E-state index contributed by atoms with van der Waals surface area (Å²) < 4.78 is 5.10. The molecule has 0 saturated heterocycles. The van der Waals surface area contributed by atoms with Gasteiger partial charge < -0.3 is 4.74 Å². The summed E-state index contributed by atoms with van der Waals surface area (Å²) in [4.78, 5) is 11.9. The second kappa shape index (κ2) is 6.54. The Morgan fingerprint density at radius 1 is 1.38 bits per heavy atom. The Labute approximate surface area is 102 Å².